The highest BCUT2D eigenvalue weighted by molar-refractivity contribution is 5.78. The van der Waals surface area contributed by atoms with Crippen molar-refractivity contribution in [1.29, 1.82) is 0 Å². The van der Waals surface area contributed by atoms with Gasteiger partial charge in [0.1, 0.15) is 23.6 Å². The quantitative estimate of drug-likeness (QED) is 0.672. The van der Waals surface area contributed by atoms with E-state index < -0.39 is 23.8 Å². The lowest BCUT2D eigenvalue weighted by molar-refractivity contribution is -0.133. The van der Waals surface area contributed by atoms with Crippen LogP contribution in [0.2, 0.25) is 0 Å². The van der Waals surface area contributed by atoms with E-state index in [0.717, 1.165) is 18.9 Å². The maximum absolute atomic E-state index is 13.9. The van der Waals surface area contributed by atoms with Crippen LogP contribution in [0.1, 0.15) is 49.0 Å². The van der Waals surface area contributed by atoms with Crippen molar-refractivity contribution in [3.63, 3.8) is 0 Å². The molecule has 1 amide bonds. The first-order valence-corrected chi connectivity index (χ1v) is 9.64. The summed E-state index contributed by atoms with van der Waals surface area (Å²) in [7, 11) is 0. The molecule has 2 aromatic rings. The van der Waals surface area contributed by atoms with Crippen molar-refractivity contribution in [2.24, 2.45) is 5.92 Å². The molecule has 1 heterocycles. The second-order valence-electron chi connectivity index (χ2n) is 7.59. The summed E-state index contributed by atoms with van der Waals surface area (Å²) in [4.78, 5) is 14.2. The summed E-state index contributed by atoms with van der Waals surface area (Å²) >= 11 is 0. The first-order chi connectivity index (χ1) is 13.5. The Morgan fingerprint density at radius 1 is 0.964 bits per heavy atom. The minimum atomic E-state index is -0.738. The predicted molar refractivity (Wildman–Crippen MR) is 97.9 cm³/mol. The molecule has 0 N–H and O–H groups in total. The Bertz CT molecular complexity index is 831. The molecule has 2 aliphatic rings. The van der Waals surface area contributed by atoms with Crippen LogP contribution in [0.5, 0.6) is 0 Å². The van der Waals surface area contributed by atoms with E-state index in [-0.39, 0.29) is 11.7 Å². The standard InChI is InChI=1S/C22H22F3NO2/c23-17-7-5-15(6-8-17)21(26-9-1-2-20(26)27)22(28-13-14-3-4-14)16-10-18(24)12-19(25)11-16/h5-8,10-12,14,21-22H,1-4,9,13H2/t21-,22+/m1/s1. The number of likely N-dealkylation sites (tertiary alicyclic amines) is 1. The number of carbonyl (C=O) groups is 1. The molecule has 3 nitrogen and oxygen atoms in total. The van der Waals surface area contributed by atoms with Crippen molar-refractivity contribution in [1.82, 2.24) is 4.90 Å². The van der Waals surface area contributed by atoms with Gasteiger partial charge in [0.05, 0.1) is 12.6 Å². The molecule has 0 bridgehead atoms. The Morgan fingerprint density at radius 3 is 2.21 bits per heavy atom. The molecule has 0 spiro atoms. The zero-order valence-electron chi connectivity index (χ0n) is 15.4. The minimum Gasteiger partial charge on any atom is -0.371 e. The van der Waals surface area contributed by atoms with Crippen molar-refractivity contribution < 1.29 is 22.7 Å². The fraction of sp³-hybridized carbons (Fsp3) is 0.409. The van der Waals surface area contributed by atoms with Crippen LogP contribution in [0, 0.1) is 23.4 Å². The first kappa shape index (κ1) is 19.0. The molecule has 1 aliphatic carbocycles. The molecule has 148 valence electrons. The summed E-state index contributed by atoms with van der Waals surface area (Å²) in [6.45, 7) is 0.991. The number of rotatable bonds is 7. The van der Waals surface area contributed by atoms with Gasteiger partial charge in [-0.25, -0.2) is 13.2 Å². The second-order valence-corrected chi connectivity index (χ2v) is 7.59. The second kappa shape index (κ2) is 7.95. The maximum atomic E-state index is 13.9. The Balaban J connectivity index is 1.76. The van der Waals surface area contributed by atoms with Crippen molar-refractivity contribution in [3.8, 4) is 0 Å². The number of hydrogen-bond acceptors (Lipinski definition) is 2. The third kappa shape index (κ3) is 4.22. The topological polar surface area (TPSA) is 29.5 Å². The number of benzene rings is 2. The average Bonchev–Trinajstić information content (AvgIpc) is 3.39. The minimum absolute atomic E-state index is 0.0359. The van der Waals surface area contributed by atoms with E-state index in [0.29, 0.717) is 43.0 Å². The monoisotopic (exact) mass is 389 g/mol. The number of nitrogens with zero attached hydrogens (tertiary/aromatic N) is 1. The van der Waals surface area contributed by atoms with Gasteiger partial charge in [-0.3, -0.25) is 4.79 Å². The van der Waals surface area contributed by atoms with Gasteiger partial charge in [0, 0.05) is 19.0 Å². The smallest absolute Gasteiger partial charge is 0.223 e. The predicted octanol–water partition coefficient (Wildman–Crippen LogP) is 4.94. The fourth-order valence-electron chi connectivity index (χ4n) is 3.77. The maximum Gasteiger partial charge on any atom is 0.223 e. The van der Waals surface area contributed by atoms with E-state index in [2.05, 4.69) is 0 Å². The fourth-order valence-corrected chi connectivity index (χ4v) is 3.77. The Labute approximate surface area is 162 Å². The largest absolute Gasteiger partial charge is 0.371 e. The molecule has 28 heavy (non-hydrogen) atoms. The molecule has 2 atom stereocenters. The summed E-state index contributed by atoms with van der Waals surface area (Å²) in [6, 6.07) is 8.60. The zero-order valence-corrected chi connectivity index (χ0v) is 15.4. The van der Waals surface area contributed by atoms with Crippen LogP contribution in [0.3, 0.4) is 0 Å². The number of halogens is 3. The van der Waals surface area contributed by atoms with Crippen LogP contribution in [0.4, 0.5) is 13.2 Å². The van der Waals surface area contributed by atoms with Gasteiger partial charge in [0.25, 0.3) is 0 Å². The molecule has 1 saturated heterocycles. The molecule has 4 rings (SSSR count). The summed E-state index contributed by atoms with van der Waals surface area (Å²) in [5.41, 5.74) is 1.02. The lowest BCUT2D eigenvalue weighted by Gasteiger charge is -2.35. The highest BCUT2D eigenvalue weighted by Crippen LogP contribution is 2.41. The lowest BCUT2D eigenvalue weighted by Crippen LogP contribution is -2.35. The van der Waals surface area contributed by atoms with Gasteiger partial charge in [-0.1, -0.05) is 12.1 Å². The van der Waals surface area contributed by atoms with Gasteiger partial charge in [-0.15, -0.1) is 0 Å². The zero-order chi connectivity index (χ0) is 19.7. The van der Waals surface area contributed by atoms with Gasteiger partial charge in [-0.2, -0.15) is 0 Å². The van der Waals surface area contributed by atoms with E-state index in [4.69, 9.17) is 4.74 Å². The van der Waals surface area contributed by atoms with Crippen molar-refractivity contribution >= 4 is 5.91 Å². The van der Waals surface area contributed by atoms with Crippen LogP contribution < -0.4 is 0 Å². The molecular weight excluding hydrogens is 367 g/mol. The van der Waals surface area contributed by atoms with Crippen LogP contribution >= 0.6 is 0 Å². The Morgan fingerprint density at radius 2 is 1.64 bits per heavy atom. The van der Waals surface area contributed by atoms with Gasteiger partial charge >= 0.3 is 0 Å². The van der Waals surface area contributed by atoms with Gasteiger partial charge in [-0.05, 0) is 60.6 Å². The van der Waals surface area contributed by atoms with E-state index >= 15 is 0 Å². The SMILES string of the molecule is O=C1CCCN1[C@H](c1ccc(F)cc1)[C@@H](OCC1CC1)c1cc(F)cc(F)c1. The lowest BCUT2D eigenvalue weighted by atomic mass is 9.94. The van der Waals surface area contributed by atoms with Crippen LogP contribution in [-0.2, 0) is 9.53 Å². The molecule has 1 saturated carbocycles. The molecule has 0 unspecified atom stereocenters. The normalized spacial score (nSPS) is 19.1. The van der Waals surface area contributed by atoms with E-state index in [1.165, 1.54) is 24.3 Å². The molecule has 6 heteroatoms. The van der Waals surface area contributed by atoms with Crippen molar-refractivity contribution in [3.05, 3.63) is 71.0 Å². The number of ether oxygens (including phenoxy) is 1. The summed E-state index contributed by atoms with van der Waals surface area (Å²) < 4.78 is 47.5. The summed E-state index contributed by atoms with van der Waals surface area (Å²) in [5, 5.41) is 0. The molecule has 2 aromatic carbocycles. The van der Waals surface area contributed by atoms with Crippen LogP contribution in [0.25, 0.3) is 0 Å². The number of hydrogen-bond donors (Lipinski definition) is 0. The van der Waals surface area contributed by atoms with Crippen LogP contribution in [0.15, 0.2) is 42.5 Å². The molecule has 0 radical (unpaired) electrons. The number of carbonyl (C=O) groups excluding carboxylic acids is 1. The van der Waals surface area contributed by atoms with E-state index in [1.54, 1.807) is 17.0 Å². The number of amides is 1. The van der Waals surface area contributed by atoms with Crippen molar-refractivity contribution in [2.75, 3.05) is 13.2 Å². The summed E-state index contributed by atoms with van der Waals surface area (Å²) in [5.74, 6) is -1.38. The average molecular weight is 389 g/mol. The molecule has 1 aliphatic heterocycles. The summed E-state index contributed by atoms with van der Waals surface area (Å²) in [6.07, 6.45) is 2.52. The molecule has 0 aromatic heterocycles. The van der Waals surface area contributed by atoms with E-state index in [1.807, 2.05) is 0 Å². The van der Waals surface area contributed by atoms with Crippen LogP contribution in [-0.4, -0.2) is 24.0 Å². The Hall–Kier alpha value is -2.34. The van der Waals surface area contributed by atoms with Gasteiger partial charge in [0.15, 0.2) is 0 Å². The van der Waals surface area contributed by atoms with Gasteiger partial charge < -0.3 is 9.64 Å². The third-order valence-electron chi connectivity index (χ3n) is 5.37. The van der Waals surface area contributed by atoms with E-state index in [9.17, 15) is 18.0 Å². The molecular formula is C22H22F3NO2. The highest BCUT2D eigenvalue weighted by atomic mass is 19.1. The molecule has 2 fully saturated rings. The highest BCUT2D eigenvalue weighted by Gasteiger charge is 2.37. The first-order valence-electron chi connectivity index (χ1n) is 9.64. The van der Waals surface area contributed by atoms with Crippen molar-refractivity contribution in [2.45, 2.75) is 37.8 Å². The Kier molecular flexibility index (Phi) is 5.40. The van der Waals surface area contributed by atoms with Gasteiger partial charge in [0.2, 0.25) is 5.91 Å². The third-order valence-corrected chi connectivity index (χ3v) is 5.37.